The molecule has 0 aliphatic heterocycles. The molecule has 0 heterocycles. The van der Waals surface area contributed by atoms with Crippen LogP contribution in [0.3, 0.4) is 0 Å². The van der Waals surface area contributed by atoms with Crippen LogP contribution in [0.15, 0.2) is 24.3 Å². The van der Waals surface area contributed by atoms with Crippen LogP contribution in [-0.4, -0.2) is 24.7 Å². The van der Waals surface area contributed by atoms with Crippen LogP contribution in [0, 0.1) is 12.3 Å². The summed E-state index contributed by atoms with van der Waals surface area (Å²) in [7, 11) is 1.99. The zero-order valence-corrected chi connectivity index (χ0v) is 11.1. The van der Waals surface area contributed by atoms with Crippen molar-refractivity contribution in [3.05, 3.63) is 29.8 Å². The van der Waals surface area contributed by atoms with Crippen LogP contribution in [0.2, 0.25) is 0 Å². The first-order valence-corrected chi connectivity index (χ1v) is 6.55. The molecule has 1 aromatic rings. The van der Waals surface area contributed by atoms with Crippen molar-refractivity contribution in [1.29, 1.82) is 0 Å². The number of carboxylic acids is 1. The molecule has 0 spiro atoms. The van der Waals surface area contributed by atoms with Crippen molar-refractivity contribution < 1.29 is 9.90 Å². The molecular weight excluding hydrogens is 226 g/mol. The number of carbonyl (C=O) groups is 1. The van der Waals surface area contributed by atoms with Gasteiger partial charge in [-0.05, 0) is 31.4 Å². The molecule has 0 radical (unpaired) electrons. The number of aryl methyl sites for hydroxylation is 1. The Morgan fingerprint density at radius 1 is 1.33 bits per heavy atom. The van der Waals surface area contributed by atoms with Gasteiger partial charge < -0.3 is 10.0 Å². The number of anilines is 1. The Kier molecular flexibility index (Phi) is 3.60. The molecule has 3 nitrogen and oxygen atoms in total. The van der Waals surface area contributed by atoms with Crippen LogP contribution in [0.25, 0.3) is 0 Å². The number of para-hydroxylation sites is 1. The summed E-state index contributed by atoms with van der Waals surface area (Å²) in [4.78, 5) is 13.6. The normalized spacial score (nSPS) is 17.7. The highest BCUT2D eigenvalue weighted by Gasteiger charge is 2.42. The van der Waals surface area contributed by atoms with Gasteiger partial charge in [0.2, 0.25) is 0 Å². The summed E-state index contributed by atoms with van der Waals surface area (Å²) in [6.45, 7) is 2.67. The summed E-state index contributed by atoms with van der Waals surface area (Å²) in [6.07, 6.45) is 3.68. The van der Waals surface area contributed by atoms with Crippen molar-refractivity contribution in [2.24, 2.45) is 5.41 Å². The van der Waals surface area contributed by atoms with E-state index in [2.05, 4.69) is 24.0 Å². The Morgan fingerprint density at radius 3 is 2.50 bits per heavy atom. The van der Waals surface area contributed by atoms with E-state index in [0.717, 1.165) is 31.4 Å². The molecule has 18 heavy (non-hydrogen) atoms. The average molecular weight is 247 g/mol. The largest absolute Gasteiger partial charge is 0.481 e. The van der Waals surface area contributed by atoms with E-state index in [9.17, 15) is 9.90 Å². The first-order chi connectivity index (χ1) is 8.55. The summed E-state index contributed by atoms with van der Waals surface area (Å²) in [5.41, 5.74) is 1.78. The molecule has 3 heteroatoms. The van der Waals surface area contributed by atoms with Crippen molar-refractivity contribution in [3.8, 4) is 0 Å². The van der Waals surface area contributed by atoms with Gasteiger partial charge in [0.1, 0.15) is 0 Å². The number of hydrogen-bond acceptors (Lipinski definition) is 2. The second-order valence-corrected chi connectivity index (χ2v) is 5.44. The van der Waals surface area contributed by atoms with E-state index in [-0.39, 0.29) is 0 Å². The molecule has 0 bridgehead atoms. The minimum absolute atomic E-state index is 0.545. The topological polar surface area (TPSA) is 40.5 Å². The van der Waals surface area contributed by atoms with Crippen molar-refractivity contribution in [2.45, 2.75) is 32.6 Å². The summed E-state index contributed by atoms with van der Waals surface area (Å²) in [6, 6.07) is 8.13. The third kappa shape index (κ3) is 2.35. The van der Waals surface area contributed by atoms with Crippen LogP contribution in [-0.2, 0) is 4.79 Å². The first kappa shape index (κ1) is 12.9. The van der Waals surface area contributed by atoms with Crippen LogP contribution in [0.1, 0.15) is 31.2 Å². The highest BCUT2D eigenvalue weighted by atomic mass is 16.4. The summed E-state index contributed by atoms with van der Waals surface area (Å²) >= 11 is 0. The van der Waals surface area contributed by atoms with Gasteiger partial charge >= 0.3 is 5.97 Å². The van der Waals surface area contributed by atoms with Crippen LogP contribution in [0.5, 0.6) is 0 Å². The lowest BCUT2D eigenvalue weighted by Crippen LogP contribution is -2.40. The highest BCUT2D eigenvalue weighted by Crippen LogP contribution is 2.39. The van der Waals surface area contributed by atoms with E-state index in [1.165, 1.54) is 5.56 Å². The van der Waals surface area contributed by atoms with Crippen LogP contribution < -0.4 is 4.90 Å². The fraction of sp³-hybridized carbons (Fsp3) is 0.533. The molecule has 1 saturated carbocycles. The maximum Gasteiger partial charge on any atom is 0.311 e. The van der Waals surface area contributed by atoms with Crippen molar-refractivity contribution in [3.63, 3.8) is 0 Å². The first-order valence-electron chi connectivity index (χ1n) is 6.55. The average Bonchev–Trinajstić information content (AvgIpc) is 2.79. The number of rotatable bonds is 4. The van der Waals surface area contributed by atoms with Gasteiger partial charge in [-0.15, -0.1) is 0 Å². The standard InChI is InChI=1S/C15H21NO2/c1-12-7-3-4-8-13(12)16(2)11-15(14(17)18)9-5-6-10-15/h3-4,7-8H,5-6,9-11H2,1-2H3,(H,17,18). The summed E-state index contributed by atoms with van der Waals surface area (Å²) < 4.78 is 0. The Labute approximate surface area is 108 Å². The lowest BCUT2D eigenvalue weighted by molar-refractivity contribution is -0.148. The third-order valence-corrected chi connectivity index (χ3v) is 4.08. The van der Waals surface area contributed by atoms with Gasteiger partial charge in [-0.2, -0.15) is 0 Å². The Hall–Kier alpha value is -1.51. The number of carboxylic acid groups (broad SMARTS) is 1. The molecule has 1 fully saturated rings. The minimum Gasteiger partial charge on any atom is -0.481 e. The maximum atomic E-state index is 11.5. The predicted molar refractivity (Wildman–Crippen MR) is 73.0 cm³/mol. The monoisotopic (exact) mass is 247 g/mol. The van der Waals surface area contributed by atoms with Crippen molar-refractivity contribution >= 4 is 11.7 Å². The smallest absolute Gasteiger partial charge is 0.311 e. The molecule has 1 aliphatic rings. The molecule has 98 valence electrons. The van der Waals surface area contributed by atoms with Crippen LogP contribution >= 0.6 is 0 Å². The molecule has 1 aliphatic carbocycles. The van der Waals surface area contributed by atoms with E-state index in [1.807, 2.05) is 19.2 Å². The molecular formula is C15H21NO2. The zero-order chi connectivity index (χ0) is 13.2. The van der Waals surface area contributed by atoms with Gasteiger partial charge in [0.25, 0.3) is 0 Å². The number of nitrogens with zero attached hydrogens (tertiary/aromatic N) is 1. The molecule has 1 aromatic carbocycles. The second-order valence-electron chi connectivity index (χ2n) is 5.44. The SMILES string of the molecule is Cc1ccccc1N(C)CC1(C(=O)O)CCCC1. The van der Waals surface area contributed by atoms with E-state index in [1.54, 1.807) is 0 Å². The van der Waals surface area contributed by atoms with Gasteiger partial charge in [0, 0.05) is 19.3 Å². The molecule has 0 unspecified atom stereocenters. The Morgan fingerprint density at radius 2 is 1.94 bits per heavy atom. The molecule has 2 rings (SSSR count). The van der Waals surface area contributed by atoms with Crippen LogP contribution in [0.4, 0.5) is 5.69 Å². The van der Waals surface area contributed by atoms with E-state index >= 15 is 0 Å². The number of aliphatic carboxylic acids is 1. The number of benzene rings is 1. The summed E-state index contributed by atoms with van der Waals surface area (Å²) in [5.74, 6) is -0.638. The lowest BCUT2D eigenvalue weighted by atomic mass is 9.85. The van der Waals surface area contributed by atoms with Gasteiger partial charge in [0.05, 0.1) is 5.41 Å². The second kappa shape index (κ2) is 5.01. The van der Waals surface area contributed by atoms with Crippen molar-refractivity contribution in [2.75, 3.05) is 18.5 Å². The quantitative estimate of drug-likeness (QED) is 0.889. The van der Waals surface area contributed by atoms with E-state index < -0.39 is 11.4 Å². The minimum atomic E-state index is -0.638. The fourth-order valence-corrected chi connectivity index (χ4v) is 3.02. The maximum absolute atomic E-state index is 11.5. The summed E-state index contributed by atoms with van der Waals surface area (Å²) in [5, 5.41) is 9.50. The molecule has 0 atom stereocenters. The predicted octanol–water partition coefficient (Wildman–Crippen LogP) is 3.08. The van der Waals surface area contributed by atoms with E-state index in [0.29, 0.717) is 6.54 Å². The van der Waals surface area contributed by atoms with Gasteiger partial charge in [-0.3, -0.25) is 4.79 Å². The number of hydrogen-bond donors (Lipinski definition) is 1. The van der Waals surface area contributed by atoms with E-state index in [4.69, 9.17) is 0 Å². The molecule has 0 saturated heterocycles. The fourth-order valence-electron chi connectivity index (χ4n) is 3.02. The van der Waals surface area contributed by atoms with Gasteiger partial charge in [-0.25, -0.2) is 0 Å². The zero-order valence-electron chi connectivity index (χ0n) is 11.1. The molecule has 0 amide bonds. The molecule has 1 N–H and O–H groups in total. The third-order valence-electron chi connectivity index (χ3n) is 4.08. The van der Waals surface area contributed by atoms with Crippen molar-refractivity contribution in [1.82, 2.24) is 0 Å². The lowest BCUT2D eigenvalue weighted by Gasteiger charge is -2.31. The Balaban J connectivity index is 2.18. The highest BCUT2D eigenvalue weighted by molar-refractivity contribution is 5.76. The van der Waals surface area contributed by atoms with Gasteiger partial charge in [-0.1, -0.05) is 31.0 Å². The Bertz CT molecular complexity index is 436. The molecule has 0 aromatic heterocycles. The van der Waals surface area contributed by atoms with Gasteiger partial charge in [0.15, 0.2) is 0 Å².